The van der Waals surface area contributed by atoms with Gasteiger partial charge in [0.25, 0.3) is 5.91 Å². The van der Waals surface area contributed by atoms with E-state index in [1.165, 1.54) is 31.5 Å². The summed E-state index contributed by atoms with van der Waals surface area (Å²) < 4.78 is 19.1. The summed E-state index contributed by atoms with van der Waals surface area (Å²) in [6.07, 6.45) is 4.84. The number of carbonyl (C=O) groups excluding carboxylic acids is 1. The molecule has 0 bridgehead atoms. The molecule has 3 fully saturated rings. The Morgan fingerprint density at radius 1 is 1.20 bits per heavy atom. The second-order valence-electron chi connectivity index (χ2n) is 8.07. The van der Waals surface area contributed by atoms with Crippen molar-refractivity contribution in [3.63, 3.8) is 0 Å². The Morgan fingerprint density at radius 2 is 2.00 bits per heavy atom. The lowest BCUT2D eigenvalue weighted by Crippen LogP contribution is -2.52. The largest absolute Gasteiger partial charge is 0.379 e. The second-order valence-corrected chi connectivity index (χ2v) is 8.07. The van der Waals surface area contributed by atoms with Crippen molar-refractivity contribution >= 4 is 5.91 Å². The van der Waals surface area contributed by atoms with E-state index in [1.54, 1.807) is 12.1 Å². The van der Waals surface area contributed by atoms with Crippen LogP contribution < -0.4 is 0 Å². The lowest BCUT2D eigenvalue weighted by atomic mass is 9.79. The minimum atomic E-state index is -0.306. The highest BCUT2D eigenvalue weighted by molar-refractivity contribution is 5.94. The molecule has 25 heavy (non-hydrogen) atoms. The third-order valence-electron chi connectivity index (χ3n) is 5.77. The van der Waals surface area contributed by atoms with Gasteiger partial charge in [0.1, 0.15) is 5.82 Å². The van der Waals surface area contributed by atoms with Crippen LogP contribution in [0.5, 0.6) is 0 Å². The number of ether oxygens (including phenoxy) is 1. The Hall–Kier alpha value is -1.46. The molecular weight excluding hydrogens is 319 g/mol. The molecule has 1 spiro atoms. The summed E-state index contributed by atoms with van der Waals surface area (Å²) in [5, 5.41) is 0. The summed E-state index contributed by atoms with van der Waals surface area (Å²) in [4.78, 5) is 17.3. The van der Waals surface area contributed by atoms with Crippen LogP contribution in [0.3, 0.4) is 0 Å². The topological polar surface area (TPSA) is 32.8 Å². The number of piperidine rings is 1. The van der Waals surface area contributed by atoms with Gasteiger partial charge in [0, 0.05) is 43.7 Å². The standard InChI is InChI=1S/C20H27FN2O2/c21-18-6-4-17(5-7-18)19(24)23-9-1-8-20(14-23)13-22(10-11-25-15-20)12-16-2-3-16/h4-7,16H,1-3,8-15H2/t20-/m1/s1. The van der Waals surface area contributed by atoms with E-state index in [2.05, 4.69) is 4.90 Å². The summed E-state index contributed by atoms with van der Waals surface area (Å²) in [6.45, 7) is 6.25. The van der Waals surface area contributed by atoms with Crippen LogP contribution >= 0.6 is 0 Å². The first-order valence-corrected chi connectivity index (χ1v) is 9.49. The van der Waals surface area contributed by atoms with Gasteiger partial charge in [-0.2, -0.15) is 0 Å². The average molecular weight is 346 g/mol. The van der Waals surface area contributed by atoms with Crippen LogP contribution in [-0.4, -0.2) is 61.6 Å². The average Bonchev–Trinajstić information content (AvgIpc) is 3.44. The van der Waals surface area contributed by atoms with Crippen molar-refractivity contribution in [2.75, 3.05) is 45.9 Å². The molecule has 2 heterocycles. The molecule has 0 N–H and O–H groups in total. The quantitative estimate of drug-likeness (QED) is 0.844. The summed E-state index contributed by atoms with van der Waals surface area (Å²) in [7, 11) is 0. The Morgan fingerprint density at radius 3 is 2.76 bits per heavy atom. The highest BCUT2D eigenvalue weighted by Gasteiger charge is 2.41. The number of amides is 1. The highest BCUT2D eigenvalue weighted by Crippen LogP contribution is 2.36. The molecule has 3 aliphatic rings. The molecule has 4 rings (SSSR count). The zero-order chi connectivity index (χ0) is 17.3. The third-order valence-corrected chi connectivity index (χ3v) is 5.77. The van der Waals surface area contributed by atoms with Crippen molar-refractivity contribution in [1.29, 1.82) is 0 Å². The number of hydrogen-bond donors (Lipinski definition) is 0. The van der Waals surface area contributed by atoms with Crippen LogP contribution in [0.15, 0.2) is 24.3 Å². The Balaban J connectivity index is 1.46. The van der Waals surface area contributed by atoms with Crippen LogP contribution in [0.2, 0.25) is 0 Å². The zero-order valence-corrected chi connectivity index (χ0v) is 14.8. The number of nitrogens with zero attached hydrogens (tertiary/aromatic N) is 2. The number of rotatable bonds is 3. The minimum Gasteiger partial charge on any atom is -0.379 e. The van der Waals surface area contributed by atoms with E-state index in [0.29, 0.717) is 5.56 Å². The fourth-order valence-electron chi connectivity index (χ4n) is 4.31. The van der Waals surface area contributed by atoms with Gasteiger partial charge in [0.15, 0.2) is 0 Å². The Labute approximate surface area is 148 Å². The monoisotopic (exact) mass is 346 g/mol. The van der Waals surface area contributed by atoms with Crippen LogP contribution in [0.25, 0.3) is 0 Å². The van der Waals surface area contributed by atoms with Crippen molar-refractivity contribution < 1.29 is 13.9 Å². The van der Waals surface area contributed by atoms with Crippen molar-refractivity contribution in [1.82, 2.24) is 9.80 Å². The zero-order valence-electron chi connectivity index (χ0n) is 14.8. The fraction of sp³-hybridized carbons (Fsp3) is 0.650. The van der Waals surface area contributed by atoms with E-state index in [0.717, 1.165) is 58.2 Å². The maximum Gasteiger partial charge on any atom is 0.253 e. The number of benzene rings is 1. The van der Waals surface area contributed by atoms with E-state index in [4.69, 9.17) is 4.74 Å². The third kappa shape index (κ3) is 4.04. The minimum absolute atomic E-state index is 0.0112. The first kappa shape index (κ1) is 17.0. The SMILES string of the molecule is O=C(c1ccc(F)cc1)N1CCC[C@]2(COCCN(CC3CC3)C2)C1. The van der Waals surface area contributed by atoms with Crippen molar-refractivity contribution in [2.45, 2.75) is 25.7 Å². The lowest BCUT2D eigenvalue weighted by Gasteiger charge is -2.43. The highest BCUT2D eigenvalue weighted by atomic mass is 19.1. The first-order chi connectivity index (χ1) is 12.1. The molecule has 1 aliphatic carbocycles. The van der Waals surface area contributed by atoms with Crippen LogP contribution in [-0.2, 0) is 4.74 Å². The van der Waals surface area contributed by atoms with Gasteiger partial charge in [-0.1, -0.05) is 0 Å². The van der Waals surface area contributed by atoms with Crippen LogP contribution in [0, 0.1) is 17.2 Å². The van der Waals surface area contributed by atoms with Crippen LogP contribution in [0.1, 0.15) is 36.0 Å². The van der Waals surface area contributed by atoms with Gasteiger partial charge in [0.05, 0.1) is 13.2 Å². The number of hydrogen-bond acceptors (Lipinski definition) is 3. The summed E-state index contributed by atoms with van der Waals surface area (Å²) >= 11 is 0. The maximum absolute atomic E-state index is 13.1. The van der Waals surface area contributed by atoms with E-state index < -0.39 is 0 Å². The molecule has 1 amide bonds. The lowest BCUT2D eigenvalue weighted by molar-refractivity contribution is 0.00717. The van der Waals surface area contributed by atoms with Gasteiger partial charge >= 0.3 is 0 Å². The normalized spacial score (nSPS) is 28.1. The van der Waals surface area contributed by atoms with Gasteiger partial charge in [-0.3, -0.25) is 4.79 Å². The molecule has 1 aromatic carbocycles. The molecule has 0 aromatic heterocycles. The number of likely N-dealkylation sites (tertiary alicyclic amines) is 1. The van der Waals surface area contributed by atoms with Crippen molar-refractivity contribution in [3.8, 4) is 0 Å². The van der Waals surface area contributed by atoms with Gasteiger partial charge in [-0.05, 0) is 55.9 Å². The van der Waals surface area contributed by atoms with Crippen molar-refractivity contribution in [2.24, 2.45) is 11.3 Å². The maximum atomic E-state index is 13.1. The summed E-state index contributed by atoms with van der Waals surface area (Å²) in [5.74, 6) is 0.576. The molecule has 1 atom stereocenters. The summed E-state index contributed by atoms with van der Waals surface area (Å²) in [6, 6.07) is 5.89. The van der Waals surface area contributed by atoms with Gasteiger partial charge in [0.2, 0.25) is 0 Å². The molecule has 4 nitrogen and oxygen atoms in total. The smallest absolute Gasteiger partial charge is 0.253 e. The fourth-order valence-corrected chi connectivity index (χ4v) is 4.31. The van der Waals surface area contributed by atoms with Gasteiger partial charge in [-0.15, -0.1) is 0 Å². The predicted molar refractivity (Wildman–Crippen MR) is 94.0 cm³/mol. The molecule has 5 heteroatoms. The molecule has 136 valence electrons. The second kappa shape index (κ2) is 7.04. The number of carbonyl (C=O) groups is 1. The molecule has 0 radical (unpaired) electrons. The predicted octanol–water partition coefficient (Wildman–Crippen LogP) is 2.79. The summed E-state index contributed by atoms with van der Waals surface area (Å²) in [5.41, 5.74) is 0.613. The molecule has 0 unspecified atom stereocenters. The molecule has 2 saturated heterocycles. The Bertz CT molecular complexity index is 617. The van der Waals surface area contributed by atoms with Crippen LogP contribution in [0.4, 0.5) is 4.39 Å². The molecule has 2 aliphatic heterocycles. The molecule has 1 saturated carbocycles. The van der Waals surface area contributed by atoms with Crippen molar-refractivity contribution in [3.05, 3.63) is 35.6 Å². The van der Waals surface area contributed by atoms with E-state index in [9.17, 15) is 9.18 Å². The van der Waals surface area contributed by atoms with E-state index in [-0.39, 0.29) is 17.1 Å². The number of halogens is 1. The van der Waals surface area contributed by atoms with Gasteiger partial charge in [-0.25, -0.2) is 4.39 Å². The van der Waals surface area contributed by atoms with Gasteiger partial charge < -0.3 is 14.5 Å². The first-order valence-electron chi connectivity index (χ1n) is 9.49. The van der Waals surface area contributed by atoms with E-state index in [1.807, 2.05) is 4.90 Å². The molecular formula is C20H27FN2O2. The van der Waals surface area contributed by atoms with E-state index >= 15 is 0 Å². The Kier molecular flexibility index (Phi) is 4.78. The molecule has 1 aromatic rings.